The molecule has 0 fully saturated rings. The van der Waals surface area contributed by atoms with Gasteiger partial charge in [-0.25, -0.2) is 4.79 Å². The van der Waals surface area contributed by atoms with Gasteiger partial charge in [0.15, 0.2) is 0 Å². The summed E-state index contributed by atoms with van der Waals surface area (Å²) in [6.07, 6.45) is 0.844. The van der Waals surface area contributed by atoms with E-state index in [4.69, 9.17) is 5.73 Å². The number of aryl methyl sites for hydroxylation is 1. The van der Waals surface area contributed by atoms with Crippen molar-refractivity contribution in [1.82, 2.24) is 10.6 Å². The number of nitrogens with one attached hydrogen (secondary N) is 2. The van der Waals surface area contributed by atoms with Gasteiger partial charge >= 0.3 is 6.03 Å². The molecule has 0 bridgehead atoms. The monoisotopic (exact) mass is 263 g/mol. The average molecular weight is 263 g/mol. The van der Waals surface area contributed by atoms with Gasteiger partial charge in [-0.1, -0.05) is 36.8 Å². The van der Waals surface area contributed by atoms with E-state index < -0.39 is 18.0 Å². The zero-order valence-corrected chi connectivity index (χ0v) is 11.6. The summed E-state index contributed by atoms with van der Waals surface area (Å²) in [6, 6.07) is 6.89. The molecule has 0 spiro atoms. The number of nitrogens with two attached hydrogens (primary N) is 1. The summed E-state index contributed by atoms with van der Waals surface area (Å²) in [6.45, 7) is 5.77. The molecule has 1 rings (SSSR count). The lowest BCUT2D eigenvalue weighted by molar-refractivity contribution is -0.121. The Labute approximate surface area is 113 Å². The fourth-order valence-corrected chi connectivity index (χ4v) is 1.86. The number of primary amides is 1. The highest BCUT2D eigenvalue weighted by atomic mass is 16.2. The van der Waals surface area contributed by atoms with Crippen LogP contribution in [0.1, 0.15) is 37.4 Å². The van der Waals surface area contributed by atoms with Gasteiger partial charge in [-0.3, -0.25) is 15.4 Å². The quantitative estimate of drug-likeness (QED) is 0.754. The molecule has 4 N–H and O–H groups in total. The molecule has 1 aromatic carbocycles. The number of benzene rings is 1. The summed E-state index contributed by atoms with van der Waals surface area (Å²) >= 11 is 0. The lowest BCUT2D eigenvalue weighted by Gasteiger charge is -2.22. The van der Waals surface area contributed by atoms with Crippen LogP contribution in [0.2, 0.25) is 0 Å². The lowest BCUT2D eigenvalue weighted by Crippen LogP contribution is -2.47. The SMILES string of the molecule is CC[C@H](N[C@@H](C)C(=O)NC(N)=O)c1ccc(C)cc1. The van der Waals surface area contributed by atoms with E-state index in [0.29, 0.717) is 0 Å². The fraction of sp³-hybridized carbons (Fsp3) is 0.429. The highest BCUT2D eigenvalue weighted by Gasteiger charge is 2.18. The van der Waals surface area contributed by atoms with Crippen LogP contribution in [0.4, 0.5) is 4.79 Å². The van der Waals surface area contributed by atoms with E-state index in [1.54, 1.807) is 6.92 Å². The topological polar surface area (TPSA) is 84.2 Å². The molecular formula is C14H21N3O2. The summed E-state index contributed by atoms with van der Waals surface area (Å²) in [5.41, 5.74) is 7.23. The molecule has 0 unspecified atom stereocenters. The van der Waals surface area contributed by atoms with Crippen LogP contribution in [0, 0.1) is 6.92 Å². The van der Waals surface area contributed by atoms with Crippen molar-refractivity contribution in [2.75, 3.05) is 0 Å². The number of carbonyl (C=O) groups excluding carboxylic acids is 2. The Bertz CT molecular complexity index is 443. The molecule has 0 aromatic heterocycles. The second-order valence-electron chi connectivity index (χ2n) is 4.61. The number of amides is 3. The van der Waals surface area contributed by atoms with Crippen LogP contribution in [-0.2, 0) is 4.79 Å². The fourth-order valence-electron chi connectivity index (χ4n) is 1.86. The first kappa shape index (κ1) is 15.2. The summed E-state index contributed by atoms with van der Waals surface area (Å²) in [4.78, 5) is 22.3. The predicted molar refractivity (Wildman–Crippen MR) is 74.5 cm³/mol. The third-order valence-corrected chi connectivity index (χ3v) is 2.98. The molecule has 0 aliphatic rings. The first-order valence-electron chi connectivity index (χ1n) is 6.37. The largest absolute Gasteiger partial charge is 0.351 e. The van der Waals surface area contributed by atoms with Crippen molar-refractivity contribution in [2.24, 2.45) is 5.73 Å². The van der Waals surface area contributed by atoms with Crippen molar-refractivity contribution < 1.29 is 9.59 Å². The Balaban J connectivity index is 2.68. The maximum Gasteiger partial charge on any atom is 0.318 e. The summed E-state index contributed by atoms with van der Waals surface area (Å²) in [7, 11) is 0. The van der Waals surface area contributed by atoms with Crippen LogP contribution in [0.15, 0.2) is 24.3 Å². The van der Waals surface area contributed by atoms with E-state index in [9.17, 15) is 9.59 Å². The number of carbonyl (C=O) groups is 2. The van der Waals surface area contributed by atoms with Gasteiger partial charge in [0.2, 0.25) is 5.91 Å². The Kier molecular flexibility index (Phi) is 5.51. The van der Waals surface area contributed by atoms with E-state index in [1.165, 1.54) is 5.56 Å². The summed E-state index contributed by atoms with van der Waals surface area (Å²) in [5.74, 6) is -0.418. The zero-order valence-electron chi connectivity index (χ0n) is 11.6. The van der Waals surface area contributed by atoms with Gasteiger partial charge in [0, 0.05) is 6.04 Å². The second kappa shape index (κ2) is 6.89. The van der Waals surface area contributed by atoms with Gasteiger partial charge in [-0.2, -0.15) is 0 Å². The van der Waals surface area contributed by atoms with Crippen LogP contribution in [0.5, 0.6) is 0 Å². The standard InChI is InChI=1S/C14H21N3O2/c1-4-12(11-7-5-9(2)6-8-11)16-10(3)13(18)17-14(15)19/h5-8,10,12,16H,4H2,1-3H3,(H3,15,17,18,19)/t10-,12-/m0/s1. The number of rotatable bonds is 5. The third kappa shape index (κ3) is 4.71. The lowest BCUT2D eigenvalue weighted by atomic mass is 10.0. The molecule has 0 saturated carbocycles. The Morgan fingerprint density at radius 2 is 1.84 bits per heavy atom. The maximum atomic E-state index is 11.6. The molecule has 104 valence electrons. The van der Waals surface area contributed by atoms with Gasteiger partial charge < -0.3 is 5.73 Å². The van der Waals surface area contributed by atoms with Gasteiger partial charge in [0.25, 0.3) is 0 Å². The molecule has 0 aliphatic heterocycles. The Morgan fingerprint density at radius 1 is 1.26 bits per heavy atom. The van der Waals surface area contributed by atoms with E-state index >= 15 is 0 Å². The van der Waals surface area contributed by atoms with Gasteiger partial charge in [0.05, 0.1) is 6.04 Å². The molecule has 2 atom stereocenters. The van der Waals surface area contributed by atoms with Gasteiger partial charge in [-0.15, -0.1) is 0 Å². The molecule has 1 aromatic rings. The van der Waals surface area contributed by atoms with E-state index in [1.807, 2.05) is 38.1 Å². The van der Waals surface area contributed by atoms with E-state index in [0.717, 1.165) is 12.0 Å². The molecule has 5 nitrogen and oxygen atoms in total. The molecule has 5 heteroatoms. The smallest absolute Gasteiger partial charge is 0.318 e. The minimum absolute atomic E-state index is 0.0641. The van der Waals surface area contributed by atoms with Gasteiger partial charge in [0.1, 0.15) is 0 Å². The van der Waals surface area contributed by atoms with E-state index in [2.05, 4.69) is 10.6 Å². The van der Waals surface area contributed by atoms with Crippen LogP contribution >= 0.6 is 0 Å². The summed E-state index contributed by atoms with van der Waals surface area (Å²) in [5, 5.41) is 5.26. The Morgan fingerprint density at radius 3 is 2.32 bits per heavy atom. The molecule has 3 amide bonds. The van der Waals surface area contributed by atoms with Crippen LogP contribution < -0.4 is 16.4 Å². The minimum atomic E-state index is -0.831. The Hall–Kier alpha value is -1.88. The van der Waals surface area contributed by atoms with E-state index in [-0.39, 0.29) is 6.04 Å². The first-order chi connectivity index (χ1) is 8.93. The van der Waals surface area contributed by atoms with Crippen molar-refractivity contribution >= 4 is 11.9 Å². The summed E-state index contributed by atoms with van der Waals surface area (Å²) < 4.78 is 0. The number of urea groups is 1. The third-order valence-electron chi connectivity index (χ3n) is 2.98. The predicted octanol–water partition coefficient (Wildman–Crippen LogP) is 1.62. The molecular weight excluding hydrogens is 242 g/mol. The highest BCUT2D eigenvalue weighted by Crippen LogP contribution is 2.17. The second-order valence-corrected chi connectivity index (χ2v) is 4.61. The van der Waals surface area contributed by atoms with Crippen molar-refractivity contribution in [3.63, 3.8) is 0 Å². The normalized spacial score (nSPS) is 13.6. The number of hydrogen-bond acceptors (Lipinski definition) is 3. The van der Waals surface area contributed by atoms with Crippen LogP contribution in [0.3, 0.4) is 0 Å². The molecule has 0 radical (unpaired) electrons. The highest BCUT2D eigenvalue weighted by molar-refractivity contribution is 5.96. The van der Waals surface area contributed by atoms with Gasteiger partial charge in [-0.05, 0) is 25.8 Å². The number of hydrogen-bond donors (Lipinski definition) is 3. The van der Waals surface area contributed by atoms with Crippen molar-refractivity contribution in [3.8, 4) is 0 Å². The molecule has 19 heavy (non-hydrogen) atoms. The molecule has 0 saturated heterocycles. The zero-order chi connectivity index (χ0) is 14.4. The average Bonchev–Trinajstić information content (AvgIpc) is 2.36. The van der Waals surface area contributed by atoms with Crippen molar-refractivity contribution in [1.29, 1.82) is 0 Å². The minimum Gasteiger partial charge on any atom is -0.351 e. The molecule has 0 heterocycles. The molecule has 0 aliphatic carbocycles. The van der Waals surface area contributed by atoms with Crippen LogP contribution in [0.25, 0.3) is 0 Å². The van der Waals surface area contributed by atoms with Crippen LogP contribution in [-0.4, -0.2) is 18.0 Å². The van der Waals surface area contributed by atoms with Crippen molar-refractivity contribution in [2.45, 2.75) is 39.3 Å². The van der Waals surface area contributed by atoms with Crippen molar-refractivity contribution in [3.05, 3.63) is 35.4 Å². The number of imide groups is 1. The maximum absolute atomic E-state index is 11.6. The first-order valence-corrected chi connectivity index (χ1v) is 6.37.